The second kappa shape index (κ2) is 11.8. The fraction of sp³-hybridized carbons (Fsp3) is 0.0227. The zero-order chi connectivity index (χ0) is 32.9. The summed E-state index contributed by atoms with van der Waals surface area (Å²) in [5, 5.41) is 7.50. The number of aromatic nitrogens is 4. The Morgan fingerprint density at radius 2 is 1.33 bits per heavy atom. The predicted octanol–water partition coefficient (Wildman–Crippen LogP) is 12.0. The van der Waals surface area contributed by atoms with Crippen molar-refractivity contribution in [1.29, 1.82) is 0 Å². The minimum Gasteiger partial charge on any atom is -0.308 e. The number of rotatable bonds is 6. The highest BCUT2D eigenvalue weighted by Gasteiger charge is 2.23. The number of hydrogen-bond acceptors (Lipinski definition) is 4. The molecule has 0 aliphatic carbocycles. The summed E-state index contributed by atoms with van der Waals surface area (Å²) < 4.78 is 4.97. The molecule has 0 bridgehead atoms. The standard InChI is InChI=1S/C44H30N4S/c1-3-13-28(14-4-2)29-21-22-39-34(25-29)41-31-15-5-6-16-32(31)42-33-17-7-8-20-40(33)49-44(42)43(41)48(39)30-26-37(35-18-9-11-23-45-35)47-38(27-30)36-19-10-12-24-46-36/h3-27H,1H2,2H3/b14-4-,28-13+. The van der Waals surface area contributed by atoms with E-state index in [0.717, 1.165) is 45.1 Å². The molecule has 5 heteroatoms. The molecule has 4 nitrogen and oxygen atoms in total. The summed E-state index contributed by atoms with van der Waals surface area (Å²) in [6.07, 6.45) is 11.8. The van der Waals surface area contributed by atoms with Crippen molar-refractivity contribution in [2.75, 3.05) is 0 Å². The van der Waals surface area contributed by atoms with Crippen molar-refractivity contribution in [3.05, 3.63) is 164 Å². The highest BCUT2D eigenvalue weighted by molar-refractivity contribution is 7.27. The van der Waals surface area contributed by atoms with E-state index in [2.05, 4.69) is 115 Å². The Bertz CT molecular complexity index is 2730. The second-order valence-electron chi connectivity index (χ2n) is 12.0. The van der Waals surface area contributed by atoms with E-state index in [1.54, 1.807) is 0 Å². The molecule has 9 rings (SSSR count). The molecule has 0 N–H and O–H groups in total. The van der Waals surface area contributed by atoms with Crippen molar-refractivity contribution in [2.24, 2.45) is 0 Å². The van der Waals surface area contributed by atoms with Gasteiger partial charge < -0.3 is 4.57 Å². The average Bonchev–Trinajstić information content (AvgIpc) is 3.72. The minimum atomic E-state index is 0.794. The third-order valence-electron chi connectivity index (χ3n) is 9.14. The molecule has 49 heavy (non-hydrogen) atoms. The molecule has 0 unspecified atom stereocenters. The SMILES string of the molecule is C=C/C=C(\C=C/C)c1ccc2c(c1)c1c3ccccc3c3c4ccccc4sc3c1n2-c1cc(-c2ccccn2)nc(-c2ccccn2)c1. The minimum absolute atomic E-state index is 0.794. The van der Waals surface area contributed by atoms with Gasteiger partial charge in [0.15, 0.2) is 0 Å². The molecular formula is C44H30N4S. The quantitative estimate of drug-likeness (QED) is 0.169. The van der Waals surface area contributed by atoms with E-state index in [1.165, 1.54) is 47.2 Å². The van der Waals surface area contributed by atoms with E-state index in [1.807, 2.05) is 66.2 Å². The first-order valence-electron chi connectivity index (χ1n) is 16.3. The van der Waals surface area contributed by atoms with Gasteiger partial charge in [-0.3, -0.25) is 9.97 Å². The highest BCUT2D eigenvalue weighted by atomic mass is 32.1. The van der Waals surface area contributed by atoms with Gasteiger partial charge in [-0.15, -0.1) is 11.3 Å². The largest absolute Gasteiger partial charge is 0.308 e. The van der Waals surface area contributed by atoms with E-state index >= 15 is 0 Å². The highest BCUT2D eigenvalue weighted by Crippen LogP contribution is 2.48. The van der Waals surface area contributed by atoms with Crippen LogP contribution in [0.2, 0.25) is 0 Å². The molecule has 9 aromatic rings. The molecular weight excluding hydrogens is 617 g/mol. The van der Waals surface area contributed by atoms with Crippen molar-refractivity contribution >= 4 is 69.7 Å². The lowest BCUT2D eigenvalue weighted by Crippen LogP contribution is -1.99. The van der Waals surface area contributed by atoms with Crippen LogP contribution in [0.4, 0.5) is 0 Å². The van der Waals surface area contributed by atoms with Crippen molar-refractivity contribution < 1.29 is 0 Å². The Morgan fingerprint density at radius 1 is 0.673 bits per heavy atom. The number of thiophene rings is 1. The maximum absolute atomic E-state index is 5.11. The summed E-state index contributed by atoms with van der Waals surface area (Å²) in [5.41, 5.74) is 8.79. The number of pyridine rings is 3. The summed E-state index contributed by atoms with van der Waals surface area (Å²) >= 11 is 1.86. The van der Waals surface area contributed by atoms with Crippen molar-refractivity contribution in [3.8, 4) is 28.5 Å². The Balaban J connectivity index is 1.49. The van der Waals surface area contributed by atoms with Gasteiger partial charge in [-0.1, -0.05) is 91.5 Å². The van der Waals surface area contributed by atoms with Crippen LogP contribution in [0.25, 0.3) is 86.8 Å². The van der Waals surface area contributed by atoms with Crippen molar-refractivity contribution in [2.45, 2.75) is 6.92 Å². The molecule has 0 spiro atoms. The molecule has 5 heterocycles. The number of fused-ring (bicyclic) bond motifs is 10. The third-order valence-corrected chi connectivity index (χ3v) is 10.3. The van der Waals surface area contributed by atoms with Crippen molar-refractivity contribution in [3.63, 3.8) is 0 Å². The molecule has 0 saturated heterocycles. The van der Waals surface area contributed by atoms with Crippen LogP contribution in [-0.2, 0) is 0 Å². The van der Waals surface area contributed by atoms with E-state index in [9.17, 15) is 0 Å². The van der Waals surface area contributed by atoms with Gasteiger partial charge in [0.2, 0.25) is 0 Å². The molecule has 0 radical (unpaired) electrons. The van der Waals surface area contributed by atoms with Gasteiger partial charge in [0, 0.05) is 38.6 Å². The summed E-state index contributed by atoms with van der Waals surface area (Å²) in [6, 6.07) is 40.7. The van der Waals surface area contributed by atoms with E-state index in [4.69, 9.17) is 15.0 Å². The molecule has 5 aromatic heterocycles. The Hall–Kier alpha value is -6.17. The van der Waals surface area contributed by atoms with Gasteiger partial charge in [-0.2, -0.15) is 0 Å². The average molecular weight is 647 g/mol. The van der Waals surface area contributed by atoms with Gasteiger partial charge in [0.05, 0.1) is 44.2 Å². The molecule has 0 saturated carbocycles. The predicted molar refractivity (Wildman–Crippen MR) is 208 cm³/mol. The topological polar surface area (TPSA) is 43.6 Å². The van der Waals surface area contributed by atoms with Crippen LogP contribution in [0.15, 0.2) is 159 Å². The number of allylic oxidation sites excluding steroid dienone is 5. The molecule has 4 aromatic carbocycles. The molecule has 0 amide bonds. The first-order valence-corrected chi connectivity index (χ1v) is 17.2. The van der Waals surface area contributed by atoms with Crippen LogP contribution in [0.5, 0.6) is 0 Å². The summed E-state index contributed by atoms with van der Waals surface area (Å²) in [4.78, 5) is 14.5. The summed E-state index contributed by atoms with van der Waals surface area (Å²) in [7, 11) is 0. The molecule has 0 atom stereocenters. The zero-order valence-electron chi connectivity index (χ0n) is 26.8. The molecule has 232 valence electrons. The molecule has 0 aliphatic rings. The van der Waals surface area contributed by atoms with Gasteiger partial charge in [0.25, 0.3) is 0 Å². The van der Waals surface area contributed by atoms with Crippen LogP contribution >= 0.6 is 11.3 Å². The lowest BCUT2D eigenvalue weighted by atomic mass is 9.97. The number of benzene rings is 4. The Kier molecular flexibility index (Phi) is 6.99. The third kappa shape index (κ3) is 4.70. The maximum atomic E-state index is 5.11. The lowest BCUT2D eigenvalue weighted by Gasteiger charge is -2.13. The van der Waals surface area contributed by atoms with Crippen LogP contribution in [-0.4, -0.2) is 19.5 Å². The normalized spacial score (nSPS) is 12.3. The summed E-state index contributed by atoms with van der Waals surface area (Å²) in [5.74, 6) is 0. The summed E-state index contributed by atoms with van der Waals surface area (Å²) in [6.45, 7) is 6.05. The van der Waals surface area contributed by atoms with E-state index in [0.29, 0.717) is 0 Å². The lowest BCUT2D eigenvalue weighted by molar-refractivity contribution is 1.15. The van der Waals surface area contributed by atoms with Crippen molar-refractivity contribution in [1.82, 2.24) is 19.5 Å². The van der Waals surface area contributed by atoms with Gasteiger partial charge >= 0.3 is 0 Å². The molecule has 0 fully saturated rings. The van der Waals surface area contributed by atoms with Gasteiger partial charge in [-0.25, -0.2) is 4.98 Å². The fourth-order valence-electron chi connectivity index (χ4n) is 7.12. The first-order chi connectivity index (χ1) is 24.2. The smallest absolute Gasteiger partial charge is 0.0915 e. The first kappa shape index (κ1) is 29.0. The maximum Gasteiger partial charge on any atom is 0.0915 e. The zero-order valence-corrected chi connectivity index (χ0v) is 27.7. The number of hydrogen-bond donors (Lipinski definition) is 0. The van der Waals surface area contributed by atoms with Gasteiger partial charge in [0.1, 0.15) is 0 Å². The Labute approximate surface area is 287 Å². The molecule has 0 aliphatic heterocycles. The van der Waals surface area contributed by atoms with Gasteiger partial charge in [-0.05, 0) is 83.4 Å². The van der Waals surface area contributed by atoms with Crippen LogP contribution in [0.1, 0.15) is 12.5 Å². The number of nitrogens with zero attached hydrogens (tertiary/aromatic N) is 4. The van der Waals surface area contributed by atoms with Crippen LogP contribution in [0, 0.1) is 0 Å². The van der Waals surface area contributed by atoms with E-state index < -0.39 is 0 Å². The Morgan fingerprint density at radius 3 is 1.98 bits per heavy atom. The van der Waals surface area contributed by atoms with Crippen LogP contribution < -0.4 is 0 Å². The van der Waals surface area contributed by atoms with E-state index in [-0.39, 0.29) is 0 Å². The van der Waals surface area contributed by atoms with Crippen LogP contribution in [0.3, 0.4) is 0 Å². The second-order valence-corrected chi connectivity index (χ2v) is 13.1. The monoisotopic (exact) mass is 646 g/mol. The fourth-order valence-corrected chi connectivity index (χ4v) is 8.37.